The molecule has 91 heavy (non-hydrogen) atoms. The van der Waals surface area contributed by atoms with Crippen LogP contribution in [-0.4, -0.2) is 47.4 Å². The predicted octanol–water partition coefficient (Wildman–Crippen LogP) is 27.8. The number of nitrogens with one attached hydrogen (secondary N) is 1. The molecule has 0 spiro atoms. The van der Waals surface area contributed by atoms with Crippen molar-refractivity contribution < 1.29 is 24.5 Å². The van der Waals surface area contributed by atoms with Crippen molar-refractivity contribution in [3.05, 3.63) is 36.5 Å². The van der Waals surface area contributed by atoms with Gasteiger partial charge in [0, 0.05) is 12.8 Å². The Hall–Kier alpha value is -1.92. The summed E-state index contributed by atoms with van der Waals surface area (Å²) in [6.45, 7) is 4.95. The van der Waals surface area contributed by atoms with Crippen molar-refractivity contribution in [1.29, 1.82) is 0 Å². The van der Waals surface area contributed by atoms with Crippen LogP contribution in [0.2, 0.25) is 0 Å². The number of aliphatic hydroxyl groups excluding tert-OH is 2. The summed E-state index contributed by atoms with van der Waals surface area (Å²) in [4.78, 5) is 24.7. The summed E-state index contributed by atoms with van der Waals surface area (Å²) >= 11 is 0. The van der Waals surface area contributed by atoms with Gasteiger partial charge in [0.1, 0.15) is 0 Å². The number of aliphatic hydroxyl groups is 2. The number of ether oxygens (including phenoxy) is 1. The summed E-state index contributed by atoms with van der Waals surface area (Å²) in [6, 6.07) is -0.626. The van der Waals surface area contributed by atoms with Gasteiger partial charge in [0.15, 0.2) is 0 Å². The standard InChI is InChI=1S/C85H163NO5/c1-3-5-7-9-11-13-15-17-19-21-23-42-45-49-53-57-61-65-69-73-77-83(88)82(81-87)86-84(89)78-74-70-66-62-58-54-50-46-43-39-37-35-33-31-29-27-25-24-26-28-30-32-34-36-38-40-44-48-52-56-60-64-68-72-76-80-91-85(90)79-75-71-67-63-59-55-51-47-41-22-20-18-16-14-12-10-8-6-4-2/h18,20,26,28,73,77,82-83,87-88H,3-17,19,21-25,27,29-72,74-76,78-81H2,1-2H3,(H,86,89)/b20-18-,28-26-,77-73+. The minimum atomic E-state index is -0.843. The Kier molecular flexibility index (Phi) is 78.8. The van der Waals surface area contributed by atoms with Crippen LogP contribution in [0.5, 0.6) is 0 Å². The first-order valence-electron chi connectivity index (χ1n) is 41.8. The van der Waals surface area contributed by atoms with Crippen molar-refractivity contribution in [3.8, 4) is 0 Å². The minimum absolute atomic E-state index is 0.0205. The summed E-state index contributed by atoms with van der Waals surface area (Å²) in [6.07, 6.45) is 106. The zero-order chi connectivity index (χ0) is 65.6. The van der Waals surface area contributed by atoms with Gasteiger partial charge in [-0.1, -0.05) is 410 Å². The van der Waals surface area contributed by atoms with E-state index in [-0.39, 0.29) is 18.5 Å². The molecule has 538 valence electrons. The molecule has 2 atom stereocenters. The highest BCUT2D eigenvalue weighted by Crippen LogP contribution is 2.20. The molecule has 0 saturated heterocycles. The smallest absolute Gasteiger partial charge is 0.305 e. The van der Waals surface area contributed by atoms with Gasteiger partial charge in [-0.15, -0.1) is 0 Å². The van der Waals surface area contributed by atoms with Crippen LogP contribution in [0.4, 0.5) is 0 Å². The minimum Gasteiger partial charge on any atom is -0.466 e. The molecule has 0 aromatic heterocycles. The van der Waals surface area contributed by atoms with Gasteiger partial charge in [0.25, 0.3) is 0 Å². The molecule has 0 aliphatic rings. The monoisotopic (exact) mass is 1280 g/mol. The van der Waals surface area contributed by atoms with Crippen molar-refractivity contribution in [1.82, 2.24) is 5.32 Å². The zero-order valence-corrected chi connectivity index (χ0v) is 61.9. The van der Waals surface area contributed by atoms with Gasteiger partial charge in [-0.2, -0.15) is 0 Å². The second-order valence-corrected chi connectivity index (χ2v) is 28.8. The van der Waals surface area contributed by atoms with Gasteiger partial charge in [-0.05, 0) is 83.5 Å². The highest BCUT2D eigenvalue weighted by atomic mass is 16.5. The number of esters is 1. The van der Waals surface area contributed by atoms with Gasteiger partial charge in [0.05, 0.1) is 25.4 Å². The van der Waals surface area contributed by atoms with Crippen molar-refractivity contribution >= 4 is 11.9 Å². The Morgan fingerprint density at radius 3 is 0.780 bits per heavy atom. The summed E-state index contributed by atoms with van der Waals surface area (Å²) in [5.74, 6) is -0.0394. The fourth-order valence-corrected chi connectivity index (χ4v) is 13.3. The number of amides is 1. The number of rotatable bonds is 79. The molecule has 0 fully saturated rings. The zero-order valence-electron chi connectivity index (χ0n) is 61.9. The molecule has 6 nitrogen and oxygen atoms in total. The summed E-state index contributed by atoms with van der Waals surface area (Å²) < 4.78 is 5.52. The molecule has 0 bridgehead atoms. The van der Waals surface area contributed by atoms with Gasteiger partial charge >= 0.3 is 5.97 Å². The van der Waals surface area contributed by atoms with Crippen LogP contribution >= 0.6 is 0 Å². The average molecular weight is 1280 g/mol. The van der Waals surface area contributed by atoms with E-state index in [1.165, 1.54) is 405 Å². The van der Waals surface area contributed by atoms with Crippen LogP contribution in [0.25, 0.3) is 0 Å². The second-order valence-electron chi connectivity index (χ2n) is 28.8. The maximum atomic E-state index is 12.5. The summed E-state index contributed by atoms with van der Waals surface area (Å²) in [7, 11) is 0. The van der Waals surface area contributed by atoms with E-state index in [2.05, 4.69) is 43.5 Å². The van der Waals surface area contributed by atoms with E-state index in [0.29, 0.717) is 19.4 Å². The first kappa shape index (κ1) is 89.1. The summed E-state index contributed by atoms with van der Waals surface area (Å²) in [5, 5.41) is 23.3. The molecule has 1 amide bonds. The fourth-order valence-electron chi connectivity index (χ4n) is 13.3. The van der Waals surface area contributed by atoms with Gasteiger partial charge in [-0.3, -0.25) is 9.59 Å². The van der Waals surface area contributed by atoms with Crippen molar-refractivity contribution in [2.24, 2.45) is 0 Å². The second kappa shape index (κ2) is 80.5. The SMILES string of the molecule is CCCCCCCC/C=C\CCCCCCCCCCCC(=O)OCCCCCCCCCCCCCCCC/C=C\CCCCCCCCCCCCCCCCCCCC(=O)NC(CO)C(O)/C=C/CCCCCCCCCCCCCCCCCCCC. The molecular weight excluding hydrogens is 1110 g/mol. The maximum Gasteiger partial charge on any atom is 0.305 e. The first-order chi connectivity index (χ1) is 45.0. The molecule has 6 heteroatoms. The molecule has 0 heterocycles. The van der Waals surface area contributed by atoms with Crippen LogP contribution in [-0.2, 0) is 14.3 Å². The number of hydrogen-bond acceptors (Lipinski definition) is 5. The predicted molar refractivity (Wildman–Crippen MR) is 403 cm³/mol. The van der Waals surface area contributed by atoms with Crippen LogP contribution in [0.3, 0.4) is 0 Å². The molecule has 0 saturated carbocycles. The molecule has 0 aromatic carbocycles. The average Bonchev–Trinajstić information content (AvgIpc) is 3.74. The Morgan fingerprint density at radius 1 is 0.297 bits per heavy atom. The van der Waals surface area contributed by atoms with E-state index >= 15 is 0 Å². The molecule has 0 radical (unpaired) electrons. The number of hydrogen-bond donors (Lipinski definition) is 3. The van der Waals surface area contributed by atoms with Gasteiger partial charge in [0.2, 0.25) is 5.91 Å². The highest BCUT2D eigenvalue weighted by Gasteiger charge is 2.18. The molecule has 0 aliphatic carbocycles. The number of carbonyl (C=O) groups is 2. The quantitative estimate of drug-likeness (QED) is 0.0320. The lowest BCUT2D eigenvalue weighted by Gasteiger charge is -2.20. The molecule has 0 rings (SSSR count). The topological polar surface area (TPSA) is 95.9 Å². The van der Waals surface area contributed by atoms with Crippen LogP contribution in [0.1, 0.15) is 470 Å². The first-order valence-corrected chi connectivity index (χ1v) is 41.8. The van der Waals surface area contributed by atoms with E-state index in [4.69, 9.17) is 4.74 Å². The third-order valence-corrected chi connectivity index (χ3v) is 19.6. The maximum absolute atomic E-state index is 12.5. The third kappa shape index (κ3) is 77.0. The molecule has 3 N–H and O–H groups in total. The van der Waals surface area contributed by atoms with E-state index in [0.717, 1.165) is 38.5 Å². The van der Waals surface area contributed by atoms with Gasteiger partial charge in [-0.25, -0.2) is 0 Å². The van der Waals surface area contributed by atoms with Crippen molar-refractivity contribution in [2.75, 3.05) is 13.2 Å². The van der Waals surface area contributed by atoms with Crippen molar-refractivity contribution in [3.63, 3.8) is 0 Å². The van der Waals surface area contributed by atoms with Crippen molar-refractivity contribution in [2.45, 2.75) is 482 Å². The van der Waals surface area contributed by atoms with Crippen LogP contribution < -0.4 is 5.32 Å². The number of allylic oxidation sites excluding steroid dienone is 5. The highest BCUT2D eigenvalue weighted by molar-refractivity contribution is 5.76. The Labute approximate surface area is 570 Å². The number of unbranched alkanes of at least 4 members (excludes halogenated alkanes) is 64. The number of carbonyl (C=O) groups excluding carboxylic acids is 2. The Balaban J connectivity index is 3.35. The molecule has 0 aliphatic heterocycles. The molecule has 0 aromatic rings. The molecular formula is C85H163NO5. The van der Waals surface area contributed by atoms with E-state index in [1.54, 1.807) is 6.08 Å². The van der Waals surface area contributed by atoms with Crippen LogP contribution in [0, 0.1) is 0 Å². The van der Waals surface area contributed by atoms with Gasteiger partial charge < -0.3 is 20.3 Å². The lowest BCUT2D eigenvalue weighted by Crippen LogP contribution is -2.45. The Morgan fingerprint density at radius 2 is 0.516 bits per heavy atom. The normalized spacial score (nSPS) is 12.6. The van der Waals surface area contributed by atoms with E-state index < -0.39 is 12.1 Å². The van der Waals surface area contributed by atoms with Crippen LogP contribution in [0.15, 0.2) is 36.5 Å². The van der Waals surface area contributed by atoms with E-state index in [9.17, 15) is 19.8 Å². The summed E-state index contributed by atoms with van der Waals surface area (Å²) in [5.41, 5.74) is 0. The van der Waals surface area contributed by atoms with E-state index in [1.807, 2.05) is 6.08 Å². The third-order valence-electron chi connectivity index (χ3n) is 19.6. The lowest BCUT2D eigenvalue weighted by molar-refractivity contribution is -0.143. The molecule has 2 unspecified atom stereocenters. The largest absolute Gasteiger partial charge is 0.466 e. The lowest BCUT2D eigenvalue weighted by atomic mass is 10.0. The Bertz CT molecular complexity index is 1470. The fraction of sp³-hybridized carbons (Fsp3) is 0.906.